The Morgan fingerprint density at radius 1 is 1.09 bits per heavy atom. The number of benzene rings is 1. The van der Waals surface area contributed by atoms with E-state index in [-0.39, 0.29) is 47.1 Å². The molecule has 7 nitrogen and oxygen atoms in total. The Hall–Kier alpha value is -1.94. The highest BCUT2D eigenvalue weighted by atomic mass is 32.2. The molecule has 2 aromatic rings. The number of hydrogen-bond acceptors (Lipinski definition) is 6. The number of halogens is 1. The normalized spacial score (nSPS) is 23.0. The van der Waals surface area contributed by atoms with Crippen LogP contribution in [0.5, 0.6) is 0 Å². The Morgan fingerprint density at radius 2 is 1.84 bits per heavy atom. The van der Waals surface area contributed by atoms with E-state index in [0.29, 0.717) is 23.0 Å². The summed E-state index contributed by atoms with van der Waals surface area (Å²) in [7, 11) is -3.07. The molecule has 10 heteroatoms. The van der Waals surface area contributed by atoms with Crippen LogP contribution in [0.4, 0.5) is 4.39 Å². The SMILES string of the molecule is O=C(CSc1nnc(-c2ccccc2F)n1C1CC1)N(C1CCCC1)[C@@H]1CCS(=O)(=O)C1. The fraction of sp³-hybridized carbons (Fsp3) is 0.591. The van der Waals surface area contributed by atoms with E-state index in [9.17, 15) is 17.6 Å². The summed E-state index contributed by atoms with van der Waals surface area (Å²) in [4.78, 5) is 15.2. The minimum absolute atomic E-state index is 0.0400. The van der Waals surface area contributed by atoms with Crippen molar-refractivity contribution in [2.24, 2.45) is 0 Å². The predicted octanol–water partition coefficient (Wildman–Crippen LogP) is 3.47. The van der Waals surface area contributed by atoms with Crippen molar-refractivity contribution < 1.29 is 17.6 Å². The van der Waals surface area contributed by atoms with Crippen LogP contribution in [0.15, 0.2) is 29.4 Å². The standard InChI is InChI=1S/C22H27FN4O3S2/c23-19-8-4-3-7-18(19)21-24-25-22(27(21)16-9-10-16)31-13-20(28)26(15-5-1-2-6-15)17-11-12-32(29,30)14-17/h3-4,7-8,15-17H,1-2,5-6,9-14H2/t17-/m1/s1. The van der Waals surface area contributed by atoms with Crippen molar-refractivity contribution in [1.29, 1.82) is 0 Å². The molecule has 2 aliphatic carbocycles. The lowest BCUT2D eigenvalue weighted by Gasteiger charge is -2.34. The predicted molar refractivity (Wildman–Crippen MR) is 121 cm³/mol. The quantitative estimate of drug-likeness (QED) is 0.567. The van der Waals surface area contributed by atoms with Gasteiger partial charge in [0.15, 0.2) is 20.8 Å². The number of hydrogen-bond donors (Lipinski definition) is 0. The molecule has 1 saturated heterocycles. The number of carbonyl (C=O) groups excluding carboxylic acids is 1. The Morgan fingerprint density at radius 3 is 2.50 bits per heavy atom. The van der Waals surface area contributed by atoms with Crippen molar-refractivity contribution in [1.82, 2.24) is 19.7 Å². The highest BCUT2D eigenvalue weighted by molar-refractivity contribution is 7.99. The van der Waals surface area contributed by atoms with Gasteiger partial charge >= 0.3 is 0 Å². The maximum absolute atomic E-state index is 14.4. The Balaban J connectivity index is 1.35. The van der Waals surface area contributed by atoms with Gasteiger partial charge in [-0.1, -0.05) is 36.7 Å². The van der Waals surface area contributed by atoms with Crippen LogP contribution in [0.2, 0.25) is 0 Å². The maximum atomic E-state index is 14.4. The number of thioether (sulfide) groups is 1. The summed E-state index contributed by atoms with van der Waals surface area (Å²) < 4.78 is 40.5. The van der Waals surface area contributed by atoms with Gasteiger partial charge in [0.05, 0.1) is 22.8 Å². The van der Waals surface area contributed by atoms with E-state index in [1.54, 1.807) is 18.2 Å². The molecule has 2 saturated carbocycles. The van der Waals surface area contributed by atoms with Crippen molar-refractivity contribution in [2.75, 3.05) is 17.3 Å². The number of amides is 1. The Kier molecular flexibility index (Phi) is 6.00. The number of nitrogens with zero attached hydrogens (tertiary/aromatic N) is 4. The summed E-state index contributed by atoms with van der Waals surface area (Å²) in [6.45, 7) is 0. The molecular weight excluding hydrogens is 451 g/mol. The van der Waals surface area contributed by atoms with Crippen LogP contribution < -0.4 is 0 Å². The van der Waals surface area contributed by atoms with E-state index in [4.69, 9.17) is 0 Å². The Bertz CT molecular complexity index is 1110. The van der Waals surface area contributed by atoms with Gasteiger partial charge in [-0.05, 0) is 44.2 Å². The summed E-state index contributed by atoms with van der Waals surface area (Å²) in [6.07, 6.45) is 6.49. The van der Waals surface area contributed by atoms with Crippen molar-refractivity contribution in [3.05, 3.63) is 30.1 Å². The second kappa shape index (κ2) is 8.78. The van der Waals surface area contributed by atoms with Crippen LogP contribution in [0.25, 0.3) is 11.4 Å². The van der Waals surface area contributed by atoms with Gasteiger partial charge in [0.1, 0.15) is 5.82 Å². The molecule has 1 aromatic carbocycles. The van der Waals surface area contributed by atoms with E-state index in [0.717, 1.165) is 38.5 Å². The van der Waals surface area contributed by atoms with Crippen LogP contribution in [-0.2, 0) is 14.6 Å². The van der Waals surface area contributed by atoms with E-state index in [1.165, 1.54) is 17.8 Å². The molecule has 1 amide bonds. The second-order valence-corrected chi connectivity index (χ2v) is 12.1. The molecule has 1 aliphatic heterocycles. The van der Waals surface area contributed by atoms with Crippen LogP contribution in [0.1, 0.15) is 51.0 Å². The fourth-order valence-electron chi connectivity index (χ4n) is 4.95. The maximum Gasteiger partial charge on any atom is 0.233 e. The first kappa shape index (κ1) is 21.9. The smallest absolute Gasteiger partial charge is 0.233 e. The molecular formula is C22H27FN4O3S2. The average Bonchev–Trinajstić information content (AvgIpc) is 3.13. The minimum atomic E-state index is -3.07. The lowest BCUT2D eigenvalue weighted by Crippen LogP contribution is -2.47. The Labute approximate surface area is 191 Å². The summed E-state index contributed by atoms with van der Waals surface area (Å²) in [5.41, 5.74) is 0.411. The number of carbonyl (C=O) groups is 1. The zero-order valence-corrected chi connectivity index (χ0v) is 19.5. The molecule has 32 heavy (non-hydrogen) atoms. The third-order valence-corrected chi connectivity index (χ3v) is 9.30. The van der Waals surface area contributed by atoms with Crippen LogP contribution in [-0.4, -0.2) is 63.3 Å². The largest absolute Gasteiger partial charge is 0.335 e. The molecule has 3 aliphatic rings. The van der Waals surface area contributed by atoms with Gasteiger partial charge in [-0.25, -0.2) is 12.8 Å². The third kappa shape index (κ3) is 4.44. The number of sulfone groups is 1. The van der Waals surface area contributed by atoms with Crippen LogP contribution in [0.3, 0.4) is 0 Å². The van der Waals surface area contributed by atoms with E-state index in [1.807, 2.05) is 9.47 Å². The topological polar surface area (TPSA) is 85.2 Å². The first-order chi connectivity index (χ1) is 15.4. The monoisotopic (exact) mass is 478 g/mol. The molecule has 0 N–H and O–H groups in total. The zero-order chi connectivity index (χ0) is 22.3. The molecule has 172 valence electrons. The summed E-state index contributed by atoms with van der Waals surface area (Å²) in [5.74, 6) is 0.509. The van der Waals surface area contributed by atoms with Gasteiger partial charge in [0.2, 0.25) is 5.91 Å². The van der Waals surface area contributed by atoms with Crippen molar-refractivity contribution in [3.63, 3.8) is 0 Å². The van der Waals surface area contributed by atoms with E-state index >= 15 is 0 Å². The number of rotatable bonds is 7. The third-order valence-electron chi connectivity index (χ3n) is 6.62. The van der Waals surface area contributed by atoms with Gasteiger partial charge in [-0.15, -0.1) is 10.2 Å². The van der Waals surface area contributed by atoms with E-state index in [2.05, 4.69) is 10.2 Å². The molecule has 3 fully saturated rings. The van der Waals surface area contributed by atoms with Crippen molar-refractivity contribution in [3.8, 4) is 11.4 Å². The first-order valence-corrected chi connectivity index (χ1v) is 14.1. The molecule has 0 radical (unpaired) electrons. The minimum Gasteiger partial charge on any atom is -0.335 e. The average molecular weight is 479 g/mol. The van der Waals surface area contributed by atoms with Gasteiger partial charge < -0.3 is 4.90 Å². The lowest BCUT2D eigenvalue weighted by molar-refractivity contribution is -0.132. The van der Waals surface area contributed by atoms with Gasteiger partial charge in [-0.2, -0.15) is 0 Å². The summed E-state index contributed by atoms with van der Waals surface area (Å²) in [5, 5.41) is 9.16. The first-order valence-electron chi connectivity index (χ1n) is 11.3. The molecule has 1 aromatic heterocycles. The molecule has 5 rings (SSSR count). The summed E-state index contributed by atoms with van der Waals surface area (Å²) >= 11 is 1.32. The van der Waals surface area contributed by atoms with Crippen LogP contribution >= 0.6 is 11.8 Å². The molecule has 0 spiro atoms. The zero-order valence-electron chi connectivity index (χ0n) is 17.8. The molecule has 0 unspecified atom stereocenters. The summed E-state index contributed by atoms with van der Waals surface area (Å²) in [6, 6.07) is 6.64. The molecule has 0 bridgehead atoms. The van der Waals surface area contributed by atoms with Crippen LogP contribution in [0, 0.1) is 5.82 Å². The van der Waals surface area contributed by atoms with Gasteiger partial charge in [0, 0.05) is 18.1 Å². The van der Waals surface area contributed by atoms with Crippen molar-refractivity contribution in [2.45, 2.75) is 68.2 Å². The molecule has 1 atom stereocenters. The van der Waals surface area contributed by atoms with E-state index < -0.39 is 9.84 Å². The highest BCUT2D eigenvalue weighted by Crippen LogP contribution is 2.41. The van der Waals surface area contributed by atoms with Crippen molar-refractivity contribution >= 4 is 27.5 Å². The van der Waals surface area contributed by atoms with Gasteiger partial charge in [-0.3, -0.25) is 9.36 Å². The van der Waals surface area contributed by atoms with Gasteiger partial charge in [0.25, 0.3) is 0 Å². The highest BCUT2D eigenvalue weighted by Gasteiger charge is 2.39. The number of aromatic nitrogens is 3. The lowest BCUT2D eigenvalue weighted by atomic mass is 10.1. The fourth-order valence-corrected chi connectivity index (χ4v) is 7.53. The molecule has 2 heterocycles. The second-order valence-electron chi connectivity index (χ2n) is 8.97.